The van der Waals surface area contributed by atoms with Gasteiger partial charge in [-0.15, -0.1) is 13.2 Å². The van der Waals surface area contributed by atoms with Gasteiger partial charge in [0.15, 0.2) is 5.96 Å². The van der Waals surface area contributed by atoms with E-state index in [0.29, 0.717) is 5.69 Å². The molecule has 0 atom stereocenters. The number of rotatable bonds is 4. The van der Waals surface area contributed by atoms with Gasteiger partial charge in [-0.25, -0.2) is 0 Å². The SMILES string of the molecule is CC(C)(C)c1ccccc1CN(C(=N)N)c1cccc(OC(F)(F)F)c1. The van der Waals surface area contributed by atoms with Crippen molar-refractivity contribution in [3.8, 4) is 5.75 Å². The average molecular weight is 365 g/mol. The second-order valence-electron chi connectivity index (χ2n) is 6.92. The van der Waals surface area contributed by atoms with Crippen molar-refractivity contribution >= 4 is 11.6 Å². The molecule has 0 heterocycles. The topological polar surface area (TPSA) is 62.3 Å². The van der Waals surface area contributed by atoms with Crippen LogP contribution in [0.1, 0.15) is 31.9 Å². The first-order chi connectivity index (χ1) is 12.0. The van der Waals surface area contributed by atoms with Crippen LogP contribution in [0.2, 0.25) is 0 Å². The van der Waals surface area contributed by atoms with Gasteiger partial charge in [-0.2, -0.15) is 0 Å². The van der Waals surface area contributed by atoms with Crippen molar-refractivity contribution in [2.24, 2.45) is 5.73 Å². The highest BCUT2D eigenvalue weighted by atomic mass is 19.4. The minimum absolute atomic E-state index is 0.125. The number of nitrogens with two attached hydrogens (primary N) is 1. The van der Waals surface area contributed by atoms with Gasteiger partial charge in [0.1, 0.15) is 5.75 Å². The Morgan fingerprint density at radius 3 is 2.31 bits per heavy atom. The highest BCUT2D eigenvalue weighted by molar-refractivity contribution is 5.92. The summed E-state index contributed by atoms with van der Waals surface area (Å²) in [5.41, 5.74) is 7.94. The molecule has 7 heteroatoms. The van der Waals surface area contributed by atoms with Crippen LogP contribution in [0.15, 0.2) is 48.5 Å². The van der Waals surface area contributed by atoms with Gasteiger partial charge in [-0.05, 0) is 28.7 Å². The minimum Gasteiger partial charge on any atom is -0.406 e. The van der Waals surface area contributed by atoms with Gasteiger partial charge in [0, 0.05) is 11.8 Å². The molecule has 0 aromatic heterocycles. The minimum atomic E-state index is -4.78. The van der Waals surface area contributed by atoms with Gasteiger partial charge in [-0.1, -0.05) is 51.1 Å². The normalized spacial score (nSPS) is 11.9. The first-order valence-corrected chi connectivity index (χ1v) is 8.03. The Morgan fingerprint density at radius 1 is 1.08 bits per heavy atom. The van der Waals surface area contributed by atoms with Gasteiger partial charge >= 0.3 is 6.36 Å². The lowest BCUT2D eigenvalue weighted by Crippen LogP contribution is -2.36. The monoisotopic (exact) mass is 365 g/mol. The van der Waals surface area contributed by atoms with Crippen molar-refractivity contribution < 1.29 is 17.9 Å². The Bertz CT molecular complexity index is 782. The molecule has 0 saturated carbocycles. The van der Waals surface area contributed by atoms with Crippen molar-refractivity contribution in [1.82, 2.24) is 0 Å². The fourth-order valence-electron chi connectivity index (χ4n) is 2.72. The molecule has 0 radical (unpaired) electrons. The van der Waals surface area contributed by atoms with Crippen molar-refractivity contribution in [3.63, 3.8) is 0 Å². The molecular weight excluding hydrogens is 343 g/mol. The van der Waals surface area contributed by atoms with Crippen molar-refractivity contribution in [2.75, 3.05) is 4.90 Å². The molecule has 0 aliphatic carbocycles. The number of hydrogen-bond acceptors (Lipinski definition) is 2. The Balaban J connectivity index is 2.37. The fourth-order valence-corrected chi connectivity index (χ4v) is 2.72. The number of hydrogen-bond donors (Lipinski definition) is 2. The van der Waals surface area contributed by atoms with Crippen LogP contribution in [0, 0.1) is 5.41 Å². The van der Waals surface area contributed by atoms with E-state index in [4.69, 9.17) is 11.1 Å². The van der Waals surface area contributed by atoms with Crippen LogP contribution >= 0.6 is 0 Å². The second-order valence-corrected chi connectivity index (χ2v) is 6.92. The zero-order valence-corrected chi connectivity index (χ0v) is 14.9. The van der Waals surface area contributed by atoms with Crippen molar-refractivity contribution in [2.45, 2.75) is 39.1 Å². The van der Waals surface area contributed by atoms with Crippen LogP contribution in [0.5, 0.6) is 5.75 Å². The van der Waals surface area contributed by atoms with E-state index in [0.717, 1.165) is 11.1 Å². The average Bonchev–Trinajstić information content (AvgIpc) is 2.50. The van der Waals surface area contributed by atoms with Gasteiger partial charge in [0.2, 0.25) is 0 Å². The summed E-state index contributed by atoms with van der Waals surface area (Å²) in [4.78, 5) is 1.44. The molecule has 26 heavy (non-hydrogen) atoms. The van der Waals surface area contributed by atoms with Gasteiger partial charge in [-0.3, -0.25) is 5.41 Å². The smallest absolute Gasteiger partial charge is 0.406 e. The summed E-state index contributed by atoms with van der Waals surface area (Å²) in [6.45, 7) is 6.48. The maximum absolute atomic E-state index is 12.5. The van der Waals surface area contributed by atoms with E-state index in [-0.39, 0.29) is 23.7 Å². The molecule has 0 spiro atoms. The number of anilines is 1. The Hall–Kier alpha value is -2.70. The molecule has 0 aliphatic rings. The van der Waals surface area contributed by atoms with Crippen LogP contribution in [-0.2, 0) is 12.0 Å². The van der Waals surface area contributed by atoms with E-state index in [9.17, 15) is 13.2 Å². The molecule has 0 unspecified atom stereocenters. The van der Waals surface area contributed by atoms with E-state index in [1.165, 1.54) is 23.1 Å². The highest BCUT2D eigenvalue weighted by Crippen LogP contribution is 2.30. The maximum atomic E-state index is 12.5. The second kappa shape index (κ2) is 7.27. The molecule has 0 amide bonds. The van der Waals surface area contributed by atoms with Crippen LogP contribution in [0.4, 0.5) is 18.9 Å². The first kappa shape index (κ1) is 19.6. The van der Waals surface area contributed by atoms with Crippen LogP contribution in [0.3, 0.4) is 0 Å². The van der Waals surface area contributed by atoms with E-state index < -0.39 is 6.36 Å². The maximum Gasteiger partial charge on any atom is 0.573 e. The van der Waals surface area contributed by atoms with Crippen molar-refractivity contribution in [1.29, 1.82) is 5.41 Å². The Labute approximate surface area is 150 Å². The number of ether oxygens (including phenoxy) is 1. The predicted octanol–water partition coefficient (Wildman–Crippen LogP) is 4.78. The van der Waals surface area contributed by atoms with Gasteiger partial charge in [0.25, 0.3) is 0 Å². The number of halogens is 3. The van der Waals surface area contributed by atoms with E-state index >= 15 is 0 Å². The number of nitrogens with zero attached hydrogens (tertiary/aromatic N) is 1. The number of alkyl halides is 3. The summed E-state index contributed by atoms with van der Waals surface area (Å²) in [7, 11) is 0. The lowest BCUT2D eigenvalue weighted by molar-refractivity contribution is -0.274. The summed E-state index contributed by atoms with van der Waals surface area (Å²) >= 11 is 0. The first-order valence-electron chi connectivity index (χ1n) is 8.03. The molecule has 2 aromatic rings. The van der Waals surface area contributed by atoms with E-state index in [2.05, 4.69) is 25.5 Å². The molecule has 0 bridgehead atoms. The summed E-state index contributed by atoms with van der Waals surface area (Å²) in [6, 6.07) is 13.2. The fraction of sp³-hybridized carbons (Fsp3) is 0.316. The Kier molecular flexibility index (Phi) is 5.49. The quantitative estimate of drug-likeness (QED) is 0.605. The lowest BCUT2D eigenvalue weighted by atomic mass is 9.83. The number of benzene rings is 2. The van der Waals surface area contributed by atoms with E-state index in [1.54, 1.807) is 6.07 Å². The van der Waals surface area contributed by atoms with Crippen LogP contribution in [-0.4, -0.2) is 12.3 Å². The third kappa shape index (κ3) is 5.15. The molecule has 0 saturated heterocycles. The van der Waals surface area contributed by atoms with Crippen LogP contribution in [0.25, 0.3) is 0 Å². The number of guanidine groups is 1. The molecule has 140 valence electrons. The standard InChI is InChI=1S/C19H22F3N3O/c1-18(2,3)16-10-5-4-7-13(16)12-25(17(23)24)14-8-6-9-15(11-14)26-19(20,21)22/h4-11H,12H2,1-3H3,(H3,23,24). The van der Waals surface area contributed by atoms with Gasteiger partial charge < -0.3 is 15.4 Å². The highest BCUT2D eigenvalue weighted by Gasteiger charge is 2.31. The zero-order chi connectivity index (χ0) is 19.5. The third-order valence-electron chi connectivity index (χ3n) is 3.81. The molecular formula is C19H22F3N3O. The lowest BCUT2D eigenvalue weighted by Gasteiger charge is -2.28. The zero-order valence-electron chi connectivity index (χ0n) is 14.9. The van der Waals surface area contributed by atoms with Gasteiger partial charge in [0.05, 0.1) is 6.54 Å². The third-order valence-corrected chi connectivity index (χ3v) is 3.81. The molecule has 2 rings (SSSR count). The predicted molar refractivity (Wildman–Crippen MR) is 96.4 cm³/mol. The molecule has 0 aliphatic heterocycles. The summed E-state index contributed by atoms with van der Waals surface area (Å²) in [5, 5.41) is 7.86. The number of nitrogens with one attached hydrogen (secondary N) is 1. The summed E-state index contributed by atoms with van der Waals surface area (Å²) in [6.07, 6.45) is -4.78. The van der Waals surface area contributed by atoms with Crippen molar-refractivity contribution in [3.05, 3.63) is 59.7 Å². The summed E-state index contributed by atoms with van der Waals surface area (Å²) in [5.74, 6) is -0.622. The molecule has 0 fully saturated rings. The van der Waals surface area contributed by atoms with Crippen LogP contribution < -0.4 is 15.4 Å². The van der Waals surface area contributed by atoms with E-state index in [1.807, 2.05) is 24.3 Å². The largest absolute Gasteiger partial charge is 0.573 e. The molecule has 2 aromatic carbocycles. The molecule has 3 N–H and O–H groups in total. The summed E-state index contributed by atoms with van der Waals surface area (Å²) < 4.78 is 41.3. The molecule has 4 nitrogen and oxygen atoms in total. The Morgan fingerprint density at radius 2 is 1.73 bits per heavy atom.